The first-order chi connectivity index (χ1) is 14.0. The van der Waals surface area contributed by atoms with Crippen molar-refractivity contribution in [3.8, 4) is 0 Å². The molecule has 0 saturated carbocycles. The van der Waals surface area contributed by atoms with Gasteiger partial charge in [-0.1, -0.05) is 48.5 Å². The minimum atomic E-state index is -0.989. The topological polar surface area (TPSA) is 92.6 Å². The van der Waals surface area contributed by atoms with E-state index in [9.17, 15) is 9.59 Å². The zero-order valence-corrected chi connectivity index (χ0v) is 15.9. The average molecular weight is 389 g/mol. The molecule has 7 heteroatoms. The molecule has 0 unspecified atom stereocenters. The van der Waals surface area contributed by atoms with Crippen molar-refractivity contribution in [2.75, 3.05) is 14.2 Å². The van der Waals surface area contributed by atoms with Crippen LogP contribution >= 0.6 is 0 Å². The maximum Gasteiger partial charge on any atom is 0.355 e. The second kappa shape index (κ2) is 8.90. The van der Waals surface area contributed by atoms with E-state index in [4.69, 9.17) is 9.94 Å². The van der Waals surface area contributed by atoms with Crippen LogP contribution in [0.3, 0.4) is 0 Å². The maximum absolute atomic E-state index is 11.9. The average Bonchev–Trinajstić information content (AvgIpc) is 2.77. The van der Waals surface area contributed by atoms with Gasteiger partial charge in [0.15, 0.2) is 5.69 Å². The minimum absolute atomic E-state index is 0.109. The second-order valence-electron chi connectivity index (χ2n) is 6.05. The number of aromatic carboxylic acids is 1. The van der Waals surface area contributed by atoms with Gasteiger partial charge in [-0.25, -0.2) is 14.8 Å². The van der Waals surface area contributed by atoms with Gasteiger partial charge in [-0.3, -0.25) is 14.6 Å². The Labute approximate surface area is 167 Å². The van der Waals surface area contributed by atoms with Crippen molar-refractivity contribution in [1.29, 1.82) is 0 Å². The molecule has 4 aromatic rings. The van der Waals surface area contributed by atoms with E-state index >= 15 is 0 Å². The first-order valence-electron chi connectivity index (χ1n) is 8.76. The van der Waals surface area contributed by atoms with Crippen LogP contribution in [0.1, 0.15) is 21.0 Å². The van der Waals surface area contributed by atoms with Gasteiger partial charge in [-0.15, -0.1) is 0 Å². The molecule has 0 aliphatic rings. The number of amides is 1. The number of aromatic nitrogens is 2. The standard InChI is InChI=1S/C12H12N2O2.C10H7NO2/c1-14(16-2)12(15)11-10-6-4-3-5-9(10)7-8-13-11;12-10(13)9-8-4-2-1-3-7(8)5-6-11-9/h3-8H,1-2H3;1-6H,(H,12,13). The number of fused-ring (bicyclic) bond motifs is 2. The molecule has 0 aliphatic heterocycles. The largest absolute Gasteiger partial charge is 0.476 e. The summed E-state index contributed by atoms with van der Waals surface area (Å²) in [4.78, 5) is 35.5. The van der Waals surface area contributed by atoms with Crippen LogP contribution in [0.4, 0.5) is 0 Å². The summed E-state index contributed by atoms with van der Waals surface area (Å²) < 4.78 is 0. The minimum Gasteiger partial charge on any atom is -0.476 e. The van der Waals surface area contributed by atoms with Gasteiger partial charge in [0.1, 0.15) is 5.69 Å². The van der Waals surface area contributed by atoms with E-state index < -0.39 is 5.97 Å². The van der Waals surface area contributed by atoms with Gasteiger partial charge in [-0.05, 0) is 22.9 Å². The summed E-state index contributed by atoms with van der Waals surface area (Å²) in [5.41, 5.74) is 0.514. The highest BCUT2D eigenvalue weighted by Gasteiger charge is 2.15. The van der Waals surface area contributed by atoms with Crippen molar-refractivity contribution < 1.29 is 19.5 Å². The Bertz CT molecular complexity index is 1170. The predicted octanol–water partition coefficient (Wildman–Crippen LogP) is 3.80. The van der Waals surface area contributed by atoms with Crippen molar-refractivity contribution in [3.05, 3.63) is 84.4 Å². The molecule has 0 saturated heterocycles. The lowest BCUT2D eigenvalue weighted by Crippen LogP contribution is -2.26. The molecule has 0 fully saturated rings. The summed E-state index contributed by atoms with van der Waals surface area (Å²) in [7, 11) is 3.01. The zero-order chi connectivity index (χ0) is 20.8. The van der Waals surface area contributed by atoms with Crippen LogP contribution in [0.2, 0.25) is 0 Å². The molecule has 1 N–H and O–H groups in total. The molecule has 2 heterocycles. The lowest BCUT2D eigenvalue weighted by molar-refractivity contribution is -0.0759. The van der Waals surface area contributed by atoms with Crippen LogP contribution in [0.5, 0.6) is 0 Å². The predicted molar refractivity (Wildman–Crippen MR) is 110 cm³/mol. The molecule has 0 atom stereocenters. The fourth-order valence-electron chi connectivity index (χ4n) is 2.81. The Hall–Kier alpha value is -3.84. The van der Waals surface area contributed by atoms with Crippen molar-refractivity contribution in [2.24, 2.45) is 0 Å². The van der Waals surface area contributed by atoms with Crippen LogP contribution < -0.4 is 0 Å². The molecular formula is C22H19N3O4. The highest BCUT2D eigenvalue weighted by Crippen LogP contribution is 2.17. The number of hydroxylamine groups is 2. The molecule has 29 heavy (non-hydrogen) atoms. The molecule has 2 aromatic heterocycles. The Kier molecular flexibility index (Phi) is 6.11. The number of hydrogen-bond acceptors (Lipinski definition) is 5. The van der Waals surface area contributed by atoms with E-state index in [1.165, 1.54) is 13.3 Å². The van der Waals surface area contributed by atoms with Crippen LogP contribution in [0.25, 0.3) is 21.5 Å². The fraction of sp³-hybridized carbons (Fsp3) is 0.0909. The summed E-state index contributed by atoms with van der Waals surface area (Å²) in [5.74, 6) is -1.24. The molecule has 1 amide bonds. The van der Waals surface area contributed by atoms with E-state index in [0.29, 0.717) is 11.1 Å². The number of carboxylic acids is 1. The van der Waals surface area contributed by atoms with Gasteiger partial charge in [0.25, 0.3) is 5.91 Å². The number of carbonyl (C=O) groups is 2. The van der Waals surface area contributed by atoms with Crippen molar-refractivity contribution in [2.45, 2.75) is 0 Å². The maximum atomic E-state index is 11.9. The zero-order valence-electron chi connectivity index (χ0n) is 15.9. The Balaban J connectivity index is 0.000000169. The van der Waals surface area contributed by atoms with Crippen LogP contribution in [-0.2, 0) is 4.84 Å². The van der Waals surface area contributed by atoms with E-state index in [1.54, 1.807) is 31.4 Å². The normalized spacial score (nSPS) is 10.3. The first kappa shape index (κ1) is 19.9. The number of carbonyl (C=O) groups excluding carboxylic acids is 1. The van der Waals surface area contributed by atoms with Crippen LogP contribution in [0.15, 0.2) is 73.1 Å². The monoisotopic (exact) mass is 389 g/mol. The summed E-state index contributed by atoms with van der Waals surface area (Å²) in [6.45, 7) is 0. The SMILES string of the molecule is CON(C)C(=O)c1nccc2ccccc12.O=C(O)c1nccc2ccccc12. The molecule has 7 nitrogen and oxygen atoms in total. The first-order valence-corrected chi connectivity index (χ1v) is 8.76. The summed E-state index contributed by atoms with van der Waals surface area (Å²) in [5, 5.41) is 13.4. The molecule has 0 radical (unpaired) electrons. The van der Waals surface area contributed by atoms with Gasteiger partial charge < -0.3 is 5.11 Å². The van der Waals surface area contributed by atoms with Gasteiger partial charge in [0.2, 0.25) is 0 Å². The van der Waals surface area contributed by atoms with Crippen LogP contribution in [0, 0.1) is 0 Å². The van der Waals surface area contributed by atoms with E-state index in [1.807, 2.05) is 42.5 Å². The highest BCUT2D eigenvalue weighted by atomic mass is 16.7. The van der Waals surface area contributed by atoms with Crippen LogP contribution in [-0.4, -0.2) is 46.2 Å². The van der Waals surface area contributed by atoms with Gasteiger partial charge >= 0.3 is 5.97 Å². The smallest absolute Gasteiger partial charge is 0.355 e. The number of hydrogen-bond donors (Lipinski definition) is 1. The second-order valence-corrected chi connectivity index (χ2v) is 6.05. The van der Waals surface area contributed by atoms with Gasteiger partial charge in [0, 0.05) is 30.2 Å². The molecule has 0 aliphatic carbocycles. The number of benzene rings is 2. The number of pyridine rings is 2. The third-order valence-corrected chi connectivity index (χ3v) is 4.31. The lowest BCUT2D eigenvalue weighted by atomic mass is 10.1. The fourth-order valence-corrected chi connectivity index (χ4v) is 2.81. The van der Waals surface area contributed by atoms with E-state index in [-0.39, 0.29) is 11.6 Å². The summed E-state index contributed by atoms with van der Waals surface area (Å²) in [6, 6.07) is 18.6. The van der Waals surface area contributed by atoms with Crippen molar-refractivity contribution >= 4 is 33.4 Å². The molecule has 2 aromatic carbocycles. The quantitative estimate of drug-likeness (QED) is 0.536. The lowest BCUT2D eigenvalue weighted by Gasteiger charge is -2.13. The third-order valence-electron chi connectivity index (χ3n) is 4.31. The molecule has 0 bridgehead atoms. The highest BCUT2D eigenvalue weighted by molar-refractivity contribution is 6.04. The molecular weight excluding hydrogens is 370 g/mol. The summed E-state index contributed by atoms with van der Waals surface area (Å²) in [6.07, 6.45) is 3.13. The Morgan fingerprint density at radius 1 is 0.828 bits per heavy atom. The third kappa shape index (κ3) is 4.36. The summed E-state index contributed by atoms with van der Waals surface area (Å²) >= 11 is 0. The van der Waals surface area contributed by atoms with E-state index in [2.05, 4.69) is 9.97 Å². The number of carboxylic acid groups (broad SMARTS) is 1. The van der Waals surface area contributed by atoms with Crippen molar-refractivity contribution in [1.82, 2.24) is 15.0 Å². The Morgan fingerprint density at radius 2 is 1.31 bits per heavy atom. The number of nitrogens with zero attached hydrogens (tertiary/aromatic N) is 3. The van der Waals surface area contributed by atoms with Gasteiger partial charge in [0.05, 0.1) is 7.11 Å². The van der Waals surface area contributed by atoms with Gasteiger partial charge in [-0.2, -0.15) is 0 Å². The van der Waals surface area contributed by atoms with E-state index in [0.717, 1.165) is 21.2 Å². The Morgan fingerprint density at radius 3 is 1.83 bits per heavy atom. The number of rotatable bonds is 3. The molecule has 146 valence electrons. The molecule has 4 rings (SSSR count). The van der Waals surface area contributed by atoms with Crippen molar-refractivity contribution in [3.63, 3.8) is 0 Å². The molecule has 0 spiro atoms.